The number of carbonyl (C=O) groups excluding carboxylic acids is 1. The number of hydrogen-bond donors (Lipinski definition) is 2. The van der Waals surface area contributed by atoms with Gasteiger partial charge >= 0.3 is 0 Å². The van der Waals surface area contributed by atoms with Crippen molar-refractivity contribution in [1.82, 2.24) is 10.6 Å². The second kappa shape index (κ2) is 6.48. The SMILES string of the molecule is COc1ccc(C(NC(=O)CC2CCCN2)C2CC2)cc1. The summed E-state index contributed by atoms with van der Waals surface area (Å²) in [5, 5.41) is 6.62. The fraction of sp³-hybridized carbons (Fsp3) is 0.588. The minimum Gasteiger partial charge on any atom is -0.497 e. The van der Waals surface area contributed by atoms with Crippen LogP contribution in [0.4, 0.5) is 0 Å². The van der Waals surface area contributed by atoms with Gasteiger partial charge in [0.1, 0.15) is 5.75 Å². The van der Waals surface area contributed by atoms with Gasteiger partial charge in [-0.1, -0.05) is 12.1 Å². The van der Waals surface area contributed by atoms with Crippen LogP contribution in [0.3, 0.4) is 0 Å². The molecule has 0 aromatic heterocycles. The third-order valence-electron chi connectivity index (χ3n) is 4.48. The van der Waals surface area contributed by atoms with Crippen molar-refractivity contribution in [2.24, 2.45) is 5.92 Å². The molecule has 1 saturated carbocycles. The predicted octanol–water partition coefficient (Wildman–Crippen LogP) is 2.40. The van der Waals surface area contributed by atoms with Crippen molar-refractivity contribution in [1.29, 1.82) is 0 Å². The third kappa shape index (κ3) is 3.76. The Kier molecular flexibility index (Phi) is 4.44. The van der Waals surface area contributed by atoms with Crippen molar-refractivity contribution in [3.63, 3.8) is 0 Å². The normalized spacial score (nSPS) is 22.8. The van der Waals surface area contributed by atoms with Gasteiger partial charge in [0.05, 0.1) is 13.2 Å². The number of rotatable bonds is 6. The fourth-order valence-electron chi connectivity index (χ4n) is 3.10. The highest BCUT2D eigenvalue weighted by Gasteiger charge is 2.33. The Bertz CT molecular complexity index is 476. The van der Waals surface area contributed by atoms with E-state index < -0.39 is 0 Å². The minimum absolute atomic E-state index is 0.157. The first-order chi connectivity index (χ1) is 10.3. The Balaban J connectivity index is 1.62. The van der Waals surface area contributed by atoms with Crippen LogP contribution in [0.2, 0.25) is 0 Å². The second-order valence-electron chi connectivity index (χ2n) is 6.15. The summed E-state index contributed by atoms with van der Waals surface area (Å²) in [7, 11) is 1.67. The van der Waals surface area contributed by atoms with Gasteiger partial charge in [-0.3, -0.25) is 4.79 Å². The zero-order valence-corrected chi connectivity index (χ0v) is 12.6. The molecule has 2 fully saturated rings. The monoisotopic (exact) mass is 288 g/mol. The van der Waals surface area contributed by atoms with Crippen molar-refractivity contribution in [2.75, 3.05) is 13.7 Å². The summed E-state index contributed by atoms with van der Waals surface area (Å²) < 4.78 is 5.20. The van der Waals surface area contributed by atoms with Crippen LogP contribution in [0.1, 0.15) is 43.7 Å². The van der Waals surface area contributed by atoms with E-state index in [9.17, 15) is 4.79 Å². The van der Waals surface area contributed by atoms with Crippen LogP contribution >= 0.6 is 0 Å². The first-order valence-electron chi connectivity index (χ1n) is 7.93. The summed E-state index contributed by atoms with van der Waals surface area (Å²) in [6.07, 6.45) is 5.31. The topological polar surface area (TPSA) is 50.4 Å². The van der Waals surface area contributed by atoms with E-state index in [1.807, 2.05) is 12.1 Å². The lowest BCUT2D eigenvalue weighted by atomic mass is 10.0. The molecule has 21 heavy (non-hydrogen) atoms. The molecule has 4 heteroatoms. The average molecular weight is 288 g/mol. The maximum absolute atomic E-state index is 12.3. The molecule has 0 spiro atoms. The van der Waals surface area contributed by atoms with E-state index in [-0.39, 0.29) is 11.9 Å². The molecule has 2 unspecified atom stereocenters. The second-order valence-corrected chi connectivity index (χ2v) is 6.15. The summed E-state index contributed by atoms with van der Waals surface area (Å²) in [5.74, 6) is 1.62. The molecule has 1 aliphatic carbocycles. The van der Waals surface area contributed by atoms with Gasteiger partial charge in [0.25, 0.3) is 0 Å². The highest BCUT2D eigenvalue weighted by molar-refractivity contribution is 5.77. The number of benzene rings is 1. The molecular weight excluding hydrogens is 264 g/mol. The molecule has 1 heterocycles. The lowest BCUT2D eigenvalue weighted by Gasteiger charge is -2.20. The van der Waals surface area contributed by atoms with Crippen molar-refractivity contribution in [2.45, 2.75) is 44.2 Å². The van der Waals surface area contributed by atoms with Gasteiger partial charge in [0.2, 0.25) is 5.91 Å². The summed E-state index contributed by atoms with van der Waals surface area (Å²) in [5.41, 5.74) is 1.19. The largest absolute Gasteiger partial charge is 0.497 e. The zero-order valence-electron chi connectivity index (χ0n) is 12.6. The van der Waals surface area contributed by atoms with E-state index in [1.165, 1.54) is 24.8 Å². The van der Waals surface area contributed by atoms with E-state index in [4.69, 9.17) is 4.74 Å². The predicted molar refractivity (Wildman–Crippen MR) is 82.2 cm³/mol. The van der Waals surface area contributed by atoms with Gasteiger partial charge in [-0.2, -0.15) is 0 Å². The van der Waals surface area contributed by atoms with E-state index >= 15 is 0 Å². The van der Waals surface area contributed by atoms with E-state index in [0.717, 1.165) is 18.7 Å². The summed E-state index contributed by atoms with van der Waals surface area (Å²) in [4.78, 5) is 12.3. The standard InChI is InChI=1S/C17H24N2O2/c1-21-15-8-6-13(7-9-15)17(12-4-5-12)19-16(20)11-14-3-2-10-18-14/h6-9,12,14,17-18H,2-5,10-11H2,1H3,(H,19,20). The van der Waals surface area contributed by atoms with Gasteiger partial charge in [0.15, 0.2) is 0 Å². The molecule has 1 amide bonds. The van der Waals surface area contributed by atoms with E-state index in [1.54, 1.807) is 7.11 Å². The van der Waals surface area contributed by atoms with Crippen molar-refractivity contribution in [3.8, 4) is 5.75 Å². The zero-order chi connectivity index (χ0) is 14.7. The van der Waals surface area contributed by atoms with Crippen molar-refractivity contribution < 1.29 is 9.53 Å². The molecule has 2 atom stereocenters. The van der Waals surface area contributed by atoms with E-state index in [2.05, 4.69) is 22.8 Å². The summed E-state index contributed by atoms with van der Waals surface area (Å²) in [6.45, 7) is 1.04. The van der Waals surface area contributed by atoms with Crippen LogP contribution in [0.5, 0.6) is 5.75 Å². The molecule has 0 radical (unpaired) electrons. The number of methoxy groups -OCH3 is 1. The Morgan fingerprint density at radius 1 is 1.33 bits per heavy atom. The van der Waals surface area contributed by atoms with Gasteiger partial charge in [0, 0.05) is 12.5 Å². The quantitative estimate of drug-likeness (QED) is 0.845. The number of carbonyl (C=O) groups is 1. The Morgan fingerprint density at radius 3 is 2.67 bits per heavy atom. The first-order valence-corrected chi connectivity index (χ1v) is 7.93. The van der Waals surface area contributed by atoms with Crippen molar-refractivity contribution >= 4 is 5.91 Å². The van der Waals surface area contributed by atoms with Crippen LogP contribution in [0.25, 0.3) is 0 Å². The van der Waals surface area contributed by atoms with Crippen molar-refractivity contribution in [3.05, 3.63) is 29.8 Å². The highest BCUT2D eigenvalue weighted by atomic mass is 16.5. The summed E-state index contributed by atoms with van der Waals surface area (Å²) >= 11 is 0. The maximum Gasteiger partial charge on any atom is 0.222 e. The Morgan fingerprint density at radius 2 is 2.10 bits per heavy atom. The third-order valence-corrected chi connectivity index (χ3v) is 4.48. The van der Waals surface area contributed by atoms with Crippen LogP contribution in [0.15, 0.2) is 24.3 Å². The van der Waals surface area contributed by atoms with Crippen LogP contribution in [0, 0.1) is 5.92 Å². The first kappa shape index (κ1) is 14.4. The molecular formula is C17H24N2O2. The number of amides is 1. The molecule has 114 valence electrons. The maximum atomic E-state index is 12.3. The Hall–Kier alpha value is -1.55. The molecule has 2 N–H and O–H groups in total. The molecule has 1 saturated heterocycles. The molecule has 4 nitrogen and oxygen atoms in total. The van der Waals surface area contributed by atoms with Crippen LogP contribution < -0.4 is 15.4 Å². The fourth-order valence-corrected chi connectivity index (χ4v) is 3.10. The molecule has 3 rings (SSSR count). The summed E-state index contributed by atoms with van der Waals surface area (Å²) in [6, 6.07) is 8.59. The lowest BCUT2D eigenvalue weighted by Crippen LogP contribution is -2.35. The van der Waals surface area contributed by atoms with Gasteiger partial charge in [-0.25, -0.2) is 0 Å². The Labute approximate surface area is 126 Å². The van der Waals surface area contributed by atoms with Gasteiger partial charge in [-0.15, -0.1) is 0 Å². The minimum atomic E-state index is 0.157. The molecule has 1 aromatic rings. The number of nitrogens with one attached hydrogen (secondary N) is 2. The van der Waals surface area contributed by atoms with E-state index in [0.29, 0.717) is 18.4 Å². The van der Waals surface area contributed by atoms with Crippen LogP contribution in [-0.4, -0.2) is 25.6 Å². The van der Waals surface area contributed by atoms with Crippen LogP contribution in [-0.2, 0) is 4.79 Å². The lowest BCUT2D eigenvalue weighted by molar-refractivity contribution is -0.122. The molecule has 1 aliphatic heterocycles. The van der Waals surface area contributed by atoms with Gasteiger partial charge in [-0.05, 0) is 55.8 Å². The molecule has 0 bridgehead atoms. The molecule has 2 aliphatic rings. The number of ether oxygens (including phenoxy) is 1. The molecule has 1 aromatic carbocycles. The average Bonchev–Trinajstić information content (AvgIpc) is 3.23. The highest BCUT2D eigenvalue weighted by Crippen LogP contribution is 2.41. The van der Waals surface area contributed by atoms with Gasteiger partial charge < -0.3 is 15.4 Å². The number of hydrogen-bond acceptors (Lipinski definition) is 3. The smallest absolute Gasteiger partial charge is 0.222 e.